The molecule has 1 aromatic rings. The first kappa shape index (κ1) is 19.8. The van der Waals surface area contributed by atoms with Crippen molar-refractivity contribution in [3.63, 3.8) is 0 Å². The summed E-state index contributed by atoms with van der Waals surface area (Å²) in [5.74, 6) is 0.291. The van der Waals surface area contributed by atoms with Gasteiger partial charge < -0.3 is 10.2 Å². The van der Waals surface area contributed by atoms with Crippen molar-refractivity contribution in [2.45, 2.75) is 51.9 Å². The number of hydrogen-bond donors (Lipinski definition) is 1. The first-order valence-corrected chi connectivity index (χ1v) is 9.71. The van der Waals surface area contributed by atoms with E-state index in [1.807, 2.05) is 36.1 Å². The highest BCUT2D eigenvalue weighted by Crippen LogP contribution is 2.15. The Morgan fingerprint density at radius 2 is 1.72 bits per heavy atom. The fraction of sp³-hybridized carbons (Fsp3) is 0.600. The van der Waals surface area contributed by atoms with Gasteiger partial charge in [0.05, 0.1) is 0 Å². The molecule has 1 aliphatic rings. The Kier molecular flexibility index (Phi) is 8.26. The molecule has 2 rings (SSSR count). The maximum absolute atomic E-state index is 12.4. The van der Waals surface area contributed by atoms with E-state index in [0.717, 1.165) is 42.9 Å². The number of amides is 2. The molecule has 0 bridgehead atoms. The molecule has 0 aromatic heterocycles. The van der Waals surface area contributed by atoms with Crippen LogP contribution in [0.15, 0.2) is 24.3 Å². The monoisotopic (exact) mass is 364 g/mol. The number of rotatable bonds is 7. The lowest BCUT2D eigenvalue weighted by molar-refractivity contribution is -0.132. The van der Waals surface area contributed by atoms with Gasteiger partial charge in [-0.15, -0.1) is 0 Å². The van der Waals surface area contributed by atoms with Gasteiger partial charge >= 0.3 is 0 Å². The smallest absolute Gasteiger partial charge is 0.222 e. The summed E-state index contributed by atoms with van der Waals surface area (Å²) in [6.45, 7) is 4.33. The van der Waals surface area contributed by atoms with Crippen molar-refractivity contribution in [3.8, 4) is 0 Å². The summed E-state index contributed by atoms with van der Waals surface area (Å²) in [5, 5.41) is 3.66. The maximum atomic E-state index is 12.4. The highest BCUT2D eigenvalue weighted by atomic mass is 35.5. The zero-order valence-corrected chi connectivity index (χ0v) is 15.9. The minimum atomic E-state index is 0.0186. The number of nitrogens with one attached hydrogen (secondary N) is 1. The largest absolute Gasteiger partial charge is 0.356 e. The molecule has 1 heterocycles. The molecule has 1 saturated heterocycles. The molecule has 138 valence electrons. The van der Waals surface area contributed by atoms with Crippen LogP contribution in [0.5, 0.6) is 0 Å². The first-order chi connectivity index (χ1) is 12.0. The topological polar surface area (TPSA) is 49.4 Å². The fourth-order valence-electron chi connectivity index (χ4n) is 3.21. The Labute approximate surface area is 155 Å². The molecule has 0 radical (unpaired) electrons. The Bertz CT molecular complexity index is 551. The lowest BCUT2D eigenvalue weighted by Gasteiger charge is -2.22. The van der Waals surface area contributed by atoms with Crippen LogP contribution in [0, 0.1) is 5.92 Å². The van der Waals surface area contributed by atoms with E-state index >= 15 is 0 Å². The standard InChI is InChI=1S/C20H29ClN2O2/c1-16(15-20(25)23-12-4-2-3-5-13-23)14-19(24)22-11-10-17-6-8-18(21)9-7-17/h6-9,16H,2-5,10-15H2,1H3,(H,22,24)/t16-/m1/s1. The highest BCUT2D eigenvalue weighted by Gasteiger charge is 2.19. The van der Waals surface area contributed by atoms with Crippen molar-refractivity contribution >= 4 is 23.4 Å². The van der Waals surface area contributed by atoms with E-state index in [4.69, 9.17) is 11.6 Å². The van der Waals surface area contributed by atoms with Gasteiger partial charge in [0.2, 0.25) is 11.8 Å². The number of hydrogen-bond acceptors (Lipinski definition) is 2. The van der Waals surface area contributed by atoms with E-state index < -0.39 is 0 Å². The van der Waals surface area contributed by atoms with Gasteiger partial charge in [0.1, 0.15) is 0 Å². The van der Waals surface area contributed by atoms with Gasteiger partial charge in [-0.2, -0.15) is 0 Å². The summed E-state index contributed by atoms with van der Waals surface area (Å²) < 4.78 is 0. The minimum absolute atomic E-state index is 0.0186. The van der Waals surface area contributed by atoms with Crippen LogP contribution in [0.2, 0.25) is 5.02 Å². The Hall–Kier alpha value is -1.55. The van der Waals surface area contributed by atoms with E-state index in [1.165, 1.54) is 12.8 Å². The summed E-state index contributed by atoms with van der Waals surface area (Å²) >= 11 is 5.86. The summed E-state index contributed by atoms with van der Waals surface area (Å²) in [7, 11) is 0. The van der Waals surface area contributed by atoms with Gasteiger partial charge in [-0.05, 0) is 42.9 Å². The predicted molar refractivity (Wildman–Crippen MR) is 102 cm³/mol. The third-order valence-electron chi connectivity index (χ3n) is 4.66. The molecule has 0 unspecified atom stereocenters. The molecule has 1 aromatic carbocycles. The number of halogens is 1. The Balaban J connectivity index is 1.65. The summed E-state index contributed by atoms with van der Waals surface area (Å²) in [6.07, 6.45) is 6.29. The van der Waals surface area contributed by atoms with Crippen LogP contribution in [-0.4, -0.2) is 36.3 Å². The number of likely N-dealkylation sites (tertiary alicyclic amines) is 1. The van der Waals surface area contributed by atoms with Crippen LogP contribution < -0.4 is 5.32 Å². The van der Waals surface area contributed by atoms with Crippen molar-refractivity contribution in [3.05, 3.63) is 34.9 Å². The molecule has 0 spiro atoms. The van der Waals surface area contributed by atoms with Gasteiger partial charge in [-0.1, -0.05) is 43.5 Å². The normalized spacial score (nSPS) is 16.2. The molecular weight excluding hydrogens is 336 g/mol. The van der Waals surface area contributed by atoms with Crippen LogP contribution in [-0.2, 0) is 16.0 Å². The number of benzene rings is 1. The molecule has 25 heavy (non-hydrogen) atoms. The Morgan fingerprint density at radius 3 is 2.36 bits per heavy atom. The number of carbonyl (C=O) groups is 2. The van der Waals surface area contributed by atoms with Gasteiger partial charge in [0, 0.05) is 37.5 Å². The predicted octanol–water partition coefficient (Wildman–Crippen LogP) is 3.82. The van der Waals surface area contributed by atoms with Gasteiger partial charge in [-0.3, -0.25) is 9.59 Å². The summed E-state index contributed by atoms with van der Waals surface area (Å²) in [6, 6.07) is 7.65. The molecule has 5 heteroatoms. The third kappa shape index (κ3) is 7.47. The molecule has 1 N–H and O–H groups in total. The zero-order chi connectivity index (χ0) is 18.1. The molecule has 0 saturated carbocycles. The van der Waals surface area contributed by atoms with Crippen molar-refractivity contribution in [1.29, 1.82) is 0 Å². The van der Waals surface area contributed by atoms with Gasteiger partial charge in [0.25, 0.3) is 0 Å². The summed E-state index contributed by atoms with van der Waals surface area (Å²) in [4.78, 5) is 26.4. The molecule has 0 aliphatic carbocycles. The van der Waals surface area contributed by atoms with Crippen molar-refractivity contribution in [2.75, 3.05) is 19.6 Å². The highest BCUT2D eigenvalue weighted by molar-refractivity contribution is 6.30. The molecule has 1 aliphatic heterocycles. The van der Waals surface area contributed by atoms with E-state index in [2.05, 4.69) is 5.32 Å². The lowest BCUT2D eigenvalue weighted by Crippen LogP contribution is -2.34. The van der Waals surface area contributed by atoms with Crippen LogP contribution >= 0.6 is 11.6 Å². The maximum Gasteiger partial charge on any atom is 0.222 e. The van der Waals surface area contributed by atoms with Crippen LogP contribution in [0.25, 0.3) is 0 Å². The quantitative estimate of drug-likeness (QED) is 0.799. The molecule has 2 amide bonds. The van der Waals surface area contributed by atoms with E-state index in [9.17, 15) is 9.59 Å². The lowest BCUT2D eigenvalue weighted by atomic mass is 10.0. The molecule has 1 atom stereocenters. The first-order valence-electron chi connectivity index (χ1n) is 9.33. The van der Waals surface area contributed by atoms with Crippen molar-refractivity contribution in [1.82, 2.24) is 10.2 Å². The molecule has 1 fully saturated rings. The summed E-state index contributed by atoms with van der Waals surface area (Å²) in [5.41, 5.74) is 1.15. The van der Waals surface area contributed by atoms with Crippen molar-refractivity contribution < 1.29 is 9.59 Å². The van der Waals surface area contributed by atoms with E-state index in [0.29, 0.717) is 19.4 Å². The van der Waals surface area contributed by atoms with Crippen molar-refractivity contribution in [2.24, 2.45) is 5.92 Å². The van der Waals surface area contributed by atoms with Crippen LogP contribution in [0.1, 0.15) is 51.0 Å². The average Bonchev–Trinajstić information content (AvgIpc) is 2.86. The number of carbonyl (C=O) groups excluding carboxylic acids is 2. The minimum Gasteiger partial charge on any atom is -0.356 e. The van der Waals surface area contributed by atoms with Gasteiger partial charge in [-0.25, -0.2) is 0 Å². The Morgan fingerprint density at radius 1 is 1.08 bits per heavy atom. The third-order valence-corrected chi connectivity index (χ3v) is 4.92. The van der Waals surface area contributed by atoms with E-state index in [-0.39, 0.29) is 17.7 Å². The second-order valence-corrected chi connectivity index (χ2v) is 7.47. The van der Waals surface area contributed by atoms with E-state index in [1.54, 1.807) is 0 Å². The molecule has 4 nitrogen and oxygen atoms in total. The average molecular weight is 365 g/mol. The second-order valence-electron chi connectivity index (χ2n) is 7.03. The second kappa shape index (κ2) is 10.4. The van der Waals surface area contributed by atoms with Gasteiger partial charge in [0.15, 0.2) is 0 Å². The van der Waals surface area contributed by atoms with Crippen LogP contribution in [0.4, 0.5) is 0 Å². The molecular formula is C20H29ClN2O2. The zero-order valence-electron chi connectivity index (χ0n) is 15.1. The number of nitrogens with zero attached hydrogens (tertiary/aromatic N) is 1. The fourth-order valence-corrected chi connectivity index (χ4v) is 3.33. The SMILES string of the molecule is C[C@H](CC(=O)NCCc1ccc(Cl)cc1)CC(=O)N1CCCCCC1. The van der Waals surface area contributed by atoms with Crippen LogP contribution in [0.3, 0.4) is 0 Å².